The zero-order valence-corrected chi connectivity index (χ0v) is 19.6. The number of rotatable bonds is 5. The number of nitrogens with zero attached hydrogens (tertiary/aromatic N) is 1. The lowest BCUT2D eigenvalue weighted by molar-refractivity contribution is 0.600. The molecule has 10 heteroatoms. The summed E-state index contributed by atoms with van der Waals surface area (Å²) in [6, 6.07) is 15.6. The van der Waals surface area contributed by atoms with Crippen LogP contribution in [-0.4, -0.2) is 32.5 Å². The minimum atomic E-state index is -4.00. The summed E-state index contributed by atoms with van der Waals surface area (Å²) < 4.78 is 28.7. The van der Waals surface area contributed by atoms with E-state index in [1.807, 2.05) is 43.3 Å². The molecule has 0 fully saturated rings. The first-order valence-electron chi connectivity index (χ1n) is 9.92. The van der Waals surface area contributed by atoms with E-state index in [4.69, 9.17) is 11.6 Å². The number of halogens is 1. The lowest BCUT2D eigenvalue weighted by atomic mass is 10.0. The van der Waals surface area contributed by atoms with E-state index in [2.05, 4.69) is 14.7 Å². The third kappa shape index (κ3) is 4.50. The highest BCUT2D eigenvalue weighted by Crippen LogP contribution is 2.32. The van der Waals surface area contributed by atoms with Gasteiger partial charge in [0.25, 0.3) is 10.0 Å². The molecule has 4 aromatic rings. The van der Waals surface area contributed by atoms with E-state index in [9.17, 15) is 18.0 Å². The highest BCUT2D eigenvalue weighted by atomic mass is 35.5. The number of aromatic amines is 2. The summed E-state index contributed by atoms with van der Waals surface area (Å²) in [6.07, 6.45) is 0. The standard InChI is InChI=1S/C23H21ClN4O4S/c1-13-10-19-20(26-23(30)22(29)25-19)12-21(13)33(31,32)27-15-6-9-17(18(24)11-15)14-4-7-16(8-5-14)28(2)3/h4-12,27H,1-3H3,(H,25,29)(H,26,30). The van der Waals surface area contributed by atoms with E-state index in [1.165, 1.54) is 12.1 Å². The second-order valence-electron chi connectivity index (χ2n) is 7.81. The fraction of sp³-hybridized carbons (Fsp3) is 0.130. The summed E-state index contributed by atoms with van der Waals surface area (Å²) >= 11 is 6.46. The average molecular weight is 485 g/mol. The number of anilines is 2. The topological polar surface area (TPSA) is 115 Å². The summed E-state index contributed by atoms with van der Waals surface area (Å²) in [4.78, 5) is 29.9. The predicted octanol–water partition coefficient (Wildman–Crippen LogP) is 3.71. The van der Waals surface area contributed by atoms with Gasteiger partial charge in [-0.3, -0.25) is 14.3 Å². The summed E-state index contributed by atoms with van der Waals surface area (Å²) in [7, 11) is -0.0851. The lowest BCUT2D eigenvalue weighted by Crippen LogP contribution is -2.29. The molecule has 0 saturated heterocycles. The van der Waals surface area contributed by atoms with Gasteiger partial charge in [0.1, 0.15) is 0 Å². The molecule has 0 aliphatic heterocycles. The Morgan fingerprint density at radius 2 is 1.48 bits per heavy atom. The third-order valence-corrected chi connectivity index (χ3v) is 7.06. The second kappa shape index (κ2) is 8.42. The third-order valence-electron chi connectivity index (χ3n) is 5.22. The van der Waals surface area contributed by atoms with Crippen molar-refractivity contribution in [3.63, 3.8) is 0 Å². The van der Waals surface area contributed by atoms with Crippen LogP contribution >= 0.6 is 11.6 Å². The highest BCUT2D eigenvalue weighted by Gasteiger charge is 2.19. The maximum absolute atomic E-state index is 13.1. The van der Waals surface area contributed by atoms with Crippen LogP contribution in [0.1, 0.15) is 5.56 Å². The van der Waals surface area contributed by atoms with Crippen LogP contribution < -0.4 is 20.7 Å². The summed E-state index contributed by atoms with van der Waals surface area (Å²) in [5.41, 5.74) is 2.31. The molecule has 8 nitrogen and oxygen atoms in total. The van der Waals surface area contributed by atoms with E-state index in [-0.39, 0.29) is 10.4 Å². The lowest BCUT2D eigenvalue weighted by Gasteiger charge is -2.14. The van der Waals surface area contributed by atoms with Crippen LogP contribution in [0.5, 0.6) is 0 Å². The molecule has 0 aliphatic rings. The van der Waals surface area contributed by atoms with Gasteiger partial charge in [0.15, 0.2) is 0 Å². The number of sulfonamides is 1. The van der Waals surface area contributed by atoms with Crippen molar-refractivity contribution in [3.8, 4) is 11.1 Å². The Morgan fingerprint density at radius 3 is 2.06 bits per heavy atom. The molecule has 0 amide bonds. The van der Waals surface area contributed by atoms with E-state index in [0.29, 0.717) is 21.8 Å². The van der Waals surface area contributed by atoms with E-state index >= 15 is 0 Å². The van der Waals surface area contributed by atoms with Crippen molar-refractivity contribution in [3.05, 3.63) is 85.9 Å². The number of aryl methyl sites for hydroxylation is 1. The quantitative estimate of drug-likeness (QED) is 0.373. The number of benzene rings is 3. The maximum atomic E-state index is 13.1. The maximum Gasteiger partial charge on any atom is 0.314 e. The fourth-order valence-corrected chi connectivity index (χ4v) is 5.10. The minimum absolute atomic E-state index is 0.0304. The molecule has 4 rings (SSSR count). The molecule has 0 unspecified atom stereocenters. The molecule has 0 bridgehead atoms. The molecular formula is C23H21ClN4O4S. The largest absolute Gasteiger partial charge is 0.378 e. The summed E-state index contributed by atoms with van der Waals surface area (Å²) in [5, 5.41) is 0.393. The number of H-pyrrole nitrogens is 2. The molecule has 0 aliphatic carbocycles. The molecule has 3 aromatic carbocycles. The molecule has 33 heavy (non-hydrogen) atoms. The summed E-state index contributed by atoms with van der Waals surface area (Å²) in [5.74, 6) is 0. The second-order valence-corrected chi connectivity index (χ2v) is 9.87. The van der Waals surface area contributed by atoms with Crippen LogP contribution in [-0.2, 0) is 10.0 Å². The van der Waals surface area contributed by atoms with Gasteiger partial charge in [0.2, 0.25) is 0 Å². The number of fused-ring (bicyclic) bond motifs is 1. The molecule has 170 valence electrons. The van der Waals surface area contributed by atoms with Crippen molar-refractivity contribution in [1.29, 1.82) is 0 Å². The van der Waals surface area contributed by atoms with E-state index in [0.717, 1.165) is 16.8 Å². The van der Waals surface area contributed by atoms with Crippen molar-refractivity contribution < 1.29 is 8.42 Å². The van der Waals surface area contributed by atoms with Crippen LogP contribution in [0.25, 0.3) is 22.2 Å². The normalized spacial score (nSPS) is 11.5. The predicted molar refractivity (Wildman–Crippen MR) is 132 cm³/mol. The number of aromatic nitrogens is 2. The molecular weight excluding hydrogens is 464 g/mol. The Labute approximate surface area is 194 Å². The van der Waals surface area contributed by atoms with Crippen LogP contribution in [0, 0.1) is 6.92 Å². The Morgan fingerprint density at radius 1 is 0.879 bits per heavy atom. The van der Waals surface area contributed by atoms with Gasteiger partial charge < -0.3 is 14.9 Å². The van der Waals surface area contributed by atoms with Crippen LogP contribution in [0.4, 0.5) is 11.4 Å². The van der Waals surface area contributed by atoms with Crippen molar-refractivity contribution in [2.45, 2.75) is 11.8 Å². The van der Waals surface area contributed by atoms with Gasteiger partial charge in [-0.1, -0.05) is 29.8 Å². The number of hydrogen-bond acceptors (Lipinski definition) is 5. The molecule has 0 radical (unpaired) electrons. The first-order valence-corrected chi connectivity index (χ1v) is 11.8. The molecule has 1 aromatic heterocycles. The van der Waals surface area contributed by atoms with Gasteiger partial charge in [0, 0.05) is 25.3 Å². The van der Waals surface area contributed by atoms with Gasteiger partial charge >= 0.3 is 11.1 Å². The smallest absolute Gasteiger partial charge is 0.314 e. The number of nitrogens with one attached hydrogen (secondary N) is 3. The van der Waals surface area contributed by atoms with Gasteiger partial charge in [-0.25, -0.2) is 8.42 Å². The van der Waals surface area contributed by atoms with Gasteiger partial charge in [-0.2, -0.15) is 0 Å². The highest BCUT2D eigenvalue weighted by molar-refractivity contribution is 7.92. The Hall–Kier alpha value is -3.56. The first kappa shape index (κ1) is 22.6. The summed E-state index contributed by atoms with van der Waals surface area (Å²) in [6.45, 7) is 1.60. The monoisotopic (exact) mass is 484 g/mol. The minimum Gasteiger partial charge on any atom is -0.378 e. The van der Waals surface area contributed by atoms with Crippen LogP contribution in [0.3, 0.4) is 0 Å². The zero-order valence-electron chi connectivity index (χ0n) is 18.1. The fourth-order valence-electron chi connectivity index (χ4n) is 3.50. The van der Waals surface area contributed by atoms with E-state index < -0.39 is 21.1 Å². The molecule has 1 heterocycles. The average Bonchev–Trinajstić information content (AvgIpc) is 2.74. The van der Waals surface area contributed by atoms with Crippen molar-refractivity contribution in [1.82, 2.24) is 9.97 Å². The molecule has 3 N–H and O–H groups in total. The number of hydrogen-bond donors (Lipinski definition) is 3. The molecule has 0 atom stereocenters. The van der Waals surface area contributed by atoms with E-state index in [1.54, 1.807) is 25.1 Å². The van der Waals surface area contributed by atoms with Gasteiger partial charge in [-0.15, -0.1) is 0 Å². The first-order chi connectivity index (χ1) is 15.5. The molecule has 0 spiro atoms. The van der Waals surface area contributed by atoms with Crippen LogP contribution in [0.2, 0.25) is 5.02 Å². The van der Waals surface area contributed by atoms with Crippen molar-refractivity contribution in [2.75, 3.05) is 23.7 Å². The van der Waals surface area contributed by atoms with Crippen molar-refractivity contribution in [2.24, 2.45) is 0 Å². The Bertz CT molecular complexity index is 1590. The Kier molecular flexibility index (Phi) is 5.77. The molecule has 0 saturated carbocycles. The van der Waals surface area contributed by atoms with Gasteiger partial charge in [-0.05, 0) is 54.4 Å². The van der Waals surface area contributed by atoms with Crippen LogP contribution in [0.15, 0.2) is 69.1 Å². The zero-order chi connectivity index (χ0) is 23.9. The van der Waals surface area contributed by atoms with Gasteiger partial charge in [0.05, 0.1) is 26.6 Å². The Balaban J connectivity index is 1.66. The SMILES string of the molecule is Cc1cc2[nH]c(=O)c(=O)[nH]c2cc1S(=O)(=O)Nc1ccc(-c2ccc(N(C)C)cc2)c(Cl)c1. The van der Waals surface area contributed by atoms with Crippen molar-refractivity contribution >= 4 is 44.0 Å².